The molecule has 0 fully saturated rings. The normalized spacial score (nSPS) is 17.8. The Bertz CT molecular complexity index is 1100. The van der Waals surface area contributed by atoms with Crippen LogP contribution in [0.15, 0.2) is 53.7 Å². The van der Waals surface area contributed by atoms with E-state index in [1.807, 2.05) is 11.7 Å². The number of rotatable bonds is 2. The molecule has 28 heavy (non-hydrogen) atoms. The lowest BCUT2D eigenvalue weighted by atomic mass is 9.95. The molecule has 5 rings (SSSR count). The summed E-state index contributed by atoms with van der Waals surface area (Å²) in [6.45, 7) is 2.19. The van der Waals surface area contributed by atoms with Gasteiger partial charge in [-0.25, -0.2) is 0 Å². The zero-order valence-corrected chi connectivity index (χ0v) is 16.7. The van der Waals surface area contributed by atoms with Crippen molar-refractivity contribution in [1.82, 2.24) is 14.7 Å². The quantitative estimate of drug-likeness (QED) is 0.652. The fourth-order valence-corrected chi connectivity index (χ4v) is 4.31. The predicted molar refractivity (Wildman–Crippen MR) is 116 cm³/mol. The molecular weight excluding hydrogens is 344 g/mol. The third-order valence-corrected chi connectivity index (χ3v) is 5.93. The lowest BCUT2D eigenvalue weighted by Crippen LogP contribution is -2.23. The summed E-state index contributed by atoms with van der Waals surface area (Å²) in [6, 6.07) is 13.4. The minimum absolute atomic E-state index is 1.02. The maximum atomic E-state index is 5.08. The molecule has 2 aliphatic rings. The first kappa shape index (κ1) is 17.4. The van der Waals surface area contributed by atoms with Crippen LogP contribution in [0.3, 0.4) is 0 Å². The van der Waals surface area contributed by atoms with Gasteiger partial charge in [-0.3, -0.25) is 9.67 Å². The van der Waals surface area contributed by atoms with Crippen molar-refractivity contribution in [3.63, 3.8) is 0 Å². The van der Waals surface area contributed by atoms with Crippen LogP contribution in [0, 0.1) is 0 Å². The predicted octanol–water partition coefficient (Wildman–Crippen LogP) is 4.75. The zero-order valence-electron chi connectivity index (χ0n) is 16.7. The number of fused-ring (bicyclic) bond motifs is 2. The monoisotopic (exact) mass is 370 g/mol. The first-order valence-electron chi connectivity index (χ1n) is 10.2. The summed E-state index contributed by atoms with van der Waals surface area (Å²) in [5.74, 6) is 0. The molecule has 3 aromatic rings. The SMILES string of the molecule is CN1CC=C(c2ccc3c(c2)CCCC(c2ccc4nn(C)cc4c2)=N3)CC1. The third-order valence-electron chi connectivity index (χ3n) is 5.93. The van der Waals surface area contributed by atoms with Crippen LogP contribution in [0.2, 0.25) is 0 Å². The summed E-state index contributed by atoms with van der Waals surface area (Å²) in [6.07, 6.45) is 8.84. The minimum atomic E-state index is 1.02. The van der Waals surface area contributed by atoms with Crippen LogP contribution in [0.4, 0.5) is 5.69 Å². The van der Waals surface area contributed by atoms with E-state index in [4.69, 9.17) is 4.99 Å². The highest BCUT2D eigenvalue weighted by Gasteiger charge is 2.15. The van der Waals surface area contributed by atoms with Gasteiger partial charge in [0.15, 0.2) is 0 Å². The molecule has 0 spiro atoms. The van der Waals surface area contributed by atoms with Gasteiger partial charge in [-0.15, -0.1) is 0 Å². The molecule has 3 heterocycles. The van der Waals surface area contributed by atoms with E-state index in [-0.39, 0.29) is 0 Å². The van der Waals surface area contributed by atoms with Gasteiger partial charge in [-0.2, -0.15) is 5.10 Å². The topological polar surface area (TPSA) is 33.4 Å². The van der Waals surface area contributed by atoms with Crippen molar-refractivity contribution in [3.8, 4) is 0 Å². The summed E-state index contributed by atoms with van der Waals surface area (Å²) in [7, 11) is 4.15. The van der Waals surface area contributed by atoms with Crippen LogP contribution >= 0.6 is 0 Å². The Morgan fingerprint density at radius 1 is 0.929 bits per heavy atom. The van der Waals surface area contributed by atoms with Gasteiger partial charge in [0.25, 0.3) is 0 Å². The van der Waals surface area contributed by atoms with Crippen molar-refractivity contribution in [1.29, 1.82) is 0 Å². The highest BCUT2D eigenvalue weighted by atomic mass is 15.2. The molecule has 0 N–H and O–H groups in total. The molecule has 0 radical (unpaired) electrons. The first-order chi connectivity index (χ1) is 13.7. The highest BCUT2D eigenvalue weighted by Crippen LogP contribution is 2.32. The summed E-state index contributed by atoms with van der Waals surface area (Å²) in [5, 5.41) is 5.66. The second-order valence-corrected chi connectivity index (χ2v) is 8.07. The standard InChI is InChI=1S/C24H26N4/c1-27-12-10-17(11-13-27)18-6-8-23-19(14-18)4-3-5-22(25-23)20-7-9-24-21(15-20)16-28(2)26-24/h6-10,14-16H,3-5,11-13H2,1-2H3. The van der Waals surface area contributed by atoms with Crippen molar-refractivity contribution in [2.24, 2.45) is 12.0 Å². The molecule has 0 saturated heterocycles. The van der Waals surface area contributed by atoms with E-state index in [2.05, 4.69) is 65.7 Å². The molecule has 0 aliphatic carbocycles. The Kier molecular flexibility index (Phi) is 4.36. The molecule has 2 aliphatic heterocycles. The van der Waals surface area contributed by atoms with E-state index >= 15 is 0 Å². The molecule has 0 bridgehead atoms. The highest BCUT2D eigenvalue weighted by molar-refractivity contribution is 6.04. The number of hydrogen-bond donors (Lipinski definition) is 0. The average Bonchev–Trinajstić information content (AvgIpc) is 2.94. The molecule has 4 nitrogen and oxygen atoms in total. The molecule has 0 atom stereocenters. The Morgan fingerprint density at radius 3 is 2.68 bits per heavy atom. The molecule has 0 saturated carbocycles. The Morgan fingerprint density at radius 2 is 1.82 bits per heavy atom. The summed E-state index contributed by atoms with van der Waals surface area (Å²) >= 11 is 0. The van der Waals surface area contributed by atoms with Crippen LogP contribution in [0.25, 0.3) is 16.5 Å². The Hall–Kier alpha value is -2.72. The van der Waals surface area contributed by atoms with Crippen molar-refractivity contribution >= 4 is 27.9 Å². The van der Waals surface area contributed by atoms with Crippen LogP contribution in [0.5, 0.6) is 0 Å². The van der Waals surface area contributed by atoms with Crippen LogP contribution in [-0.4, -0.2) is 40.5 Å². The van der Waals surface area contributed by atoms with Gasteiger partial charge in [0.2, 0.25) is 0 Å². The van der Waals surface area contributed by atoms with Crippen LogP contribution in [-0.2, 0) is 13.5 Å². The van der Waals surface area contributed by atoms with Gasteiger partial charge < -0.3 is 4.90 Å². The molecule has 2 aromatic carbocycles. The van der Waals surface area contributed by atoms with Gasteiger partial charge in [-0.05, 0) is 79.3 Å². The van der Waals surface area contributed by atoms with Crippen LogP contribution in [0.1, 0.15) is 36.0 Å². The first-order valence-corrected chi connectivity index (χ1v) is 10.2. The largest absolute Gasteiger partial charge is 0.302 e. The van der Waals surface area contributed by atoms with E-state index in [0.717, 1.165) is 50.0 Å². The maximum Gasteiger partial charge on any atom is 0.0923 e. The van der Waals surface area contributed by atoms with Gasteiger partial charge in [0.05, 0.1) is 11.2 Å². The Labute approximate surface area is 166 Å². The second kappa shape index (κ2) is 7.02. The number of aliphatic imine (C=N–C) groups is 1. The van der Waals surface area contributed by atoms with Crippen LogP contribution < -0.4 is 0 Å². The van der Waals surface area contributed by atoms with Gasteiger partial charge in [-0.1, -0.05) is 18.2 Å². The number of aromatic nitrogens is 2. The van der Waals surface area contributed by atoms with E-state index in [1.54, 1.807) is 0 Å². The van der Waals surface area contributed by atoms with Crippen molar-refractivity contribution < 1.29 is 0 Å². The van der Waals surface area contributed by atoms with E-state index in [1.165, 1.54) is 33.4 Å². The number of nitrogens with zero attached hydrogens (tertiary/aromatic N) is 4. The van der Waals surface area contributed by atoms with Gasteiger partial charge in [0.1, 0.15) is 0 Å². The van der Waals surface area contributed by atoms with Crippen molar-refractivity contribution in [2.45, 2.75) is 25.7 Å². The lowest BCUT2D eigenvalue weighted by molar-refractivity contribution is 0.370. The number of aryl methyl sites for hydroxylation is 2. The fraction of sp³-hybridized carbons (Fsp3) is 0.333. The molecular formula is C24H26N4. The van der Waals surface area contributed by atoms with Crippen molar-refractivity contribution in [3.05, 3.63) is 65.4 Å². The van der Waals surface area contributed by atoms with Gasteiger partial charge in [0, 0.05) is 37.4 Å². The second-order valence-electron chi connectivity index (χ2n) is 8.07. The molecule has 142 valence electrons. The minimum Gasteiger partial charge on any atom is -0.302 e. The Balaban J connectivity index is 1.49. The molecule has 1 aromatic heterocycles. The number of hydrogen-bond acceptors (Lipinski definition) is 3. The van der Waals surface area contributed by atoms with E-state index in [9.17, 15) is 0 Å². The van der Waals surface area contributed by atoms with Crippen molar-refractivity contribution in [2.75, 3.05) is 20.1 Å². The number of likely N-dealkylation sites (N-methyl/N-ethyl adjacent to an activating group) is 1. The fourth-order valence-electron chi connectivity index (χ4n) is 4.31. The third kappa shape index (κ3) is 3.29. The number of benzene rings is 2. The summed E-state index contributed by atoms with van der Waals surface area (Å²) < 4.78 is 1.87. The van der Waals surface area contributed by atoms with E-state index < -0.39 is 0 Å². The average molecular weight is 371 g/mol. The molecule has 0 unspecified atom stereocenters. The summed E-state index contributed by atoms with van der Waals surface area (Å²) in [5.41, 5.74) is 8.83. The zero-order chi connectivity index (χ0) is 19.1. The summed E-state index contributed by atoms with van der Waals surface area (Å²) in [4.78, 5) is 7.45. The maximum absolute atomic E-state index is 5.08. The molecule has 4 heteroatoms. The lowest BCUT2D eigenvalue weighted by Gasteiger charge is -2.22. The smallest absolute Gasteiger partial charge is 0.0923 e. The molecule has 0 amide bonds. The van der Waals surface area contributed by atoms with E-state index in [0.29, 0.717) is 0 Å². The van der Waals surface area contributed by atoms with Gasteiger partial charge >= 0.3 is 0 Å².